The van der Waals surface area contributed by atoms with Crippen molar-refractivity contribution < 1.29 is 19.1 Å². The second-order valence-electron chi connectivity index (χ2n) is 4.42. The number of esters is 2. The minimum absolute atomic E-state index is 0.139. The number of carbonyl (C=O) groups excluding carboxylic acids is 2. The molecule has 0 aliphatic carbocycles. The van der Waals surface area contributed by atoms with Gasteiger partial charge in [-0.15, -0.1) is 0 Å². The normalized spacial score (nSPS) is 11.2. The molecule has 4 nitrogen and oxygen atoms in total. The van der Waals surface area contributed by atoms with Gasteiger partial charge in [-0.2, -0.15) is 0 Å². The van der Waals surface area contributed by atoms with E-state index in [2.05, 4.69) is 37.5 Å². The van der Waals surface area contributed by atoms with E-state index in [-0.39, 0.29) is 11.9 Å². The molecule has 0 N–H and O–H groups in total. The van der Waals surface area contributed by atoms with E-state index in [1.54, 1.807) is 0 Å². The van der Waals surface area contributed by atoms with Gasteiger partial charge in [0.2, 0.25) is 0 Å². The van der Waals surface area contributed by atoms with E-state index in [1.165, 1.54) is 14.2 Å². The first-order valence-corrected chi connectivity index (χ1v) is 19.2. The van der Waals surface area contributed by atoms with Gasteiger partial charge in [0.15, 0.2) is 0 Å². The number of hydrogen-bond acceptors (Lipinski definition) is 4. The van der Waals surface area contributed by atoms with Crippen molar-refractivity contribution in [2.24, 2.45) is 0 Å². The number of carbonyl (C=O) groups is 2. The summed E-state index contributed by atoms with van der Waals surface area (Å²) in [5.41, 5.74) is 0. The van der Waals surface area contributed by atoms with Gasteiger partial charge in [-0.1, -0.05) is 0 Å². The molecule has 0 saturated carbocycles. The van der Waals surface area contributed by atoms with Crippen molar-refractivity contribution in [3.05, 3.63) is 0 Å². The van der Waals surface area contributed by atoms with Crippen molar-refractivity contribution in [2.75, 3.05) is 14.2 Å². The molecule has 0 aliphatic rings. The van der Waals surface area contributed by atoms with Gasteiger partial charge < -0.3 is 0 Å². The summed E-state index contributed by atoms with van der Waals surface area (Å²) in [7, 11) is 0.783. The van der Waals surface area contributed by atoms with Crippen molar-refractivity contribution in [1.29, 1.82) is 0 Å². The summed E-state index contributed by atoms with van der Waals surface area (Å²) in [6, 6.07) is 0. The van der Waals surface area contributed by atoms with E-state index in [0.717, 1.165) is 36.2 Å². The Kier molecular flexibility index (Phi) is 11.4. The zero-order valence-corrected chi connectivity index (χ0v) is 16.8. The number of hydrogen-bond donors (Lipinski definition) is 0. The first kappa shape index (κ1) is 19.4. The molecule has 0 rings (SSSR count). The van der Waals surface area contributed by atoms with Crippen LogP contribution in [-0.2, 0) is 19.1 Å². The van der Waals surface area contributed by atoms with Crippen LogP contribution in [0.4, 0.5) is 0 Å². The molecule has 0 bridgehead atoms. The van der Waals surface area contributed by atoms with Crippen LogP contribution >= 0.6 is 28.0 Å². The van der Waals surface area contributed by atoms with Gasteiger partial charge in [0.1, 0.15) is 0 Å². The molecule has 0 radical (unpaired) electrons. The van der Waals surface area contributed by atoms with E-state index >= 15 is 0 Å². The van der Waals surface area contributed by atoms with Gasteiger partial charge in [0.25, 0.3) is 0 Å². The average Bonchev–Trinajstić information content (AvgIpc) is 2.39. The van der Waals surface area contributed by atoms with Crippen LogP contribution in [0.25, 0.3) is 0 Å². The number of rotatable bonds is 10. The molecule has 0 saturated heterocycles. The van der Waals surface area contributed by atoms with Crippen LogP contribution in [0.3, 0.4) is 0 Å². The Morgan fingerprint density at radius 1 is 0.842 bits per heavy atom. The van der Waals surface area contributed by atoms with Crippen LogP contribution in [-0.4, -0.2) is 35.7 Å². The summed E-state index contributed by atoms with van der Waals surface area (Å²) in [6.45, 7) is 0. The molecule has 7 heteroatoms. The third-order valence-electron chi connectivity index (χ3n) is 2.80. The topological polar surface area (TPSA) is 52.6 Å². The summed E-state index contributed by atoms with van der Waals surface area (Å²) in [6.07, 6.45) is 4.80. The van der Waals surface area contributed by atoms with Gasteiger partial charge in [-0.05, 0) is 0 Å². The van der Waals surface area contributed by atoms with E-state index in [4.69, 9.17) is 0 Å². The molecule has 112 valence electrons. The first-order valence-electron chi connectivity index (χ1n) is 6.43. The molecule has 0 aromatic heterocycles. The molecule has 0 amide bonds. The van der Waals surface area contributed by atoms with E-state index in [9.17, 15) is 9.59 Å². The second-order valence-corrected chi connectivity index (χ2v) is 31.4. The zero-order chi connectivity index (χ0) is 14.7. The molecular weight excluding hydrogens is 441 g/mol. The summed E-state index contributed by atoms with van der Waals surface area (Å²) >= 11 is 7.64. The minimum atomic E-state index is -2.05. The third-order valence-corrected chi connectivity index (χ3v) is 15.6. The number of methoxy groups -OCH3 is 2. The molecule has 0 spiro atoms. The fraction of sp³-hybridized carbons (Fsp3) is 0.833. The molecule has 0 aromatic rings. The van der Waals surface area contributed by atoms with Crippen molar-refractivity contribution in [3.8, 4) is 0 Å². The molecular formula is C12H22Br2GeO4. The molecule has 0 heterocycles. The standard InChI is InChI=1S/C12H22Br2GeO4/c1-18-11(16)7-3-5-9-15(13,14)10-6-4-8-12(17)19-2/h3-10H2,1-2H3. The van der Waals surface area contributed by atoms with Gasteiger partial charge >= 0.3 is 132 Å². The molecule has 0 aromatic carbocycles. The zero-order valence-electron chi connectivity index (χ0n) is 11.5. The second kappa shape index (κ2) is 11.1. The molecule has 19 heavy (non-hydrogen) atoms. The van der Waals surface area contributed by atoms with Gasteiger partial charge in [-0.3, -0.25) is 0 Å². The van der Waals surface area contributed by atoms with Gasteiger partial charge in [0.05, 0.1) is 0 Å². The Bertz CT molecular complexity index is 259. The van der Waals surface area contributed by atoms with Crippen molar-refractivity contribution >= 4 is 49.5 Å². The number of unbranched alkanes of at least 4 members (excludes halogenated alkanes) is 2. The Morgan fingerprint density at radius 2 is 1.21 bits per heavy atom. The predicted molar refractivity (Wildman–Crippen MR) is 85.0 cm³/mol. The average molecular weight is 463 g/mol. The maximum absolute atomic E-state index is 11.0. The monoisotopic (exact) mass is 462 g/mol. The van der Waals surface area contributed by atoms with Crippen molar-refractivity contribution in [3.63, 3.8) is 0 Å². The Morgan fingerprint density at radius 3 is 1.53 bits per heavy atom. The Labute approximate surface area is 131 Å². The van der Waals surface area contributed by atoms with E-state index in [1.807, 2.05) is 0 Å². The van der Waals surface area contributed by atoms with Crippen LogP contribution in [0.5, 0.6) is 0 Å². The van der Waals surface area contributed by atoms with Crippen molar-refractivity contribution in [2.45, 2.75) is 49.0 Å². The summed E-state index contributed by atoms with van der Waals surface area (Å²) in [5.74, 6) is -0.277. The predicted octanol–water partition coefficient (Wildman–Crippen LogP) is 3.91. The summed E-state index contributed by atoms with van der Waals surface area (Å²) < 4.78 is 9.21. The van der Waals surface area contributed by atoms with Crippen LogP contribution in [0.15, 0.2) is 0 Å². The van der Waals surface area contributed by atoms with Gasteiger partial charge in [0, 0.05) is 0 Å². The quantitative estimate of drug-likeness (QED) is 0.281. The fourth-order valence-electron chi connectivity index (χ4n) is 1.64. The summed E-state index contributed by atoms with van der Waals surface area (Å²) in [4.78, 5) is 21.9. The van der Waals surface area contributed by atoms with E-state index < -0.39 is 9.58 Å². The van der Waals surface area contributed by atoms with Crippen LogP contribution in [0.2, 0.25) is 10.5 Å². The maximum atomic E-state index is 11.0. The summed E-state index contributed by atoms with van der Waals surface area (Å²) in [5, 5.41) is 2.24. The SMILES string of the molecule is COC(=O)CCC[CH2][Ge]([Br])([Br])[CH2]CCCC(=O)OC. The molecule has 0 atom stereocenters. The van der Waals surface area contributed by atoms with Gasteiger partial charge in [-0.25, -0.2) is 0 Å². The number of ether oxygens (including phenoxy) is 2. The van der Waals surface area contributed by atoms with Crippen LogP contribution in [0, 0.1) is 0 Å². The first-order chi connectivity index (χ1) is 8.91. The van der Waals surface area contributed by atoms with Crippen molar-refractivity contribution in [1.82, 2.24) is 0 Å². The number of halogens is 2. The Hall–Kier alpha value is 0.443. The molecule has 0 unspecified atom stereocenters. The van der Waals surface area contributed by atoms with E-state index in [0.29, 0.717) is 12.8 Å². The third kappa shape index (κ3) is 11.9. The van der Waals surface area contributed by atoms with Crippen LogP contribution < -0.4 is 0 Å². The van der Waals surface area contributed by atoms with Crippen LogP contribution in [0.1, 0.15) is 38.5 Å². The molecule has 0 fully saturated rings. The molecule has 0 aliphatic heterocycles. The fourth-order valence-corrected chi connectivity index (χ4v) is 11.2. The Balaban J connectivity index is 3.62.